The van der Waals surface area contributed by atoms with E-state index >= 15 is 0 Å². The Labute approximate surface area is 208 Å². The molecule has 0 aliphatic carbocycles. The predicted molar refractivity (Wildman–Crippen MR) is 128 cm³/mol. The van der Waals surface area contributed by atoms with Crippen LogP contribution in [0.5, 0.6) is 0 Å². The summed E-state index contributed by atoms with van der Waals surface area (Å²) >= 11 is 1.14. The van der Waals surface area contributed by atoms with Gasteiger partial charge in [-0.05, 0) is 58.6 Å². The zero-order valence-corrected chi connectivity index (χ0v) is 21.4. The van der Waals surface area contributed by atoms with Gasteiger partial charge in [0.2, 0.25) is 0 Å². The van der Waals surface area contributed by atoms with Crippen molar-refractivity contribution in [1.82, 2.24) is 5.32 Å². The number of thiophene rings is 1. The second kappa shape index (κ2) is 11.2. The summed E-state index contributed by atoms with van der Waals surface area (Å²) in [5.41, 5.74) is -3.82. The number of hydrogen-bond acceptors (Lipinski definition) is 9. The third kappa shape index (κ3) is 8.30. The van der Waals surface area contributed by atoms with Gasteiger partial charge in [-0.2, -0.15) is 5.26 Å². The summed E-state index contributed by atoms with van der Waals surface area (Å²) in [6.07, 6.45) is -2.20. The molecule has 0 fully saturated rings. The molecule has 1 amide bonds. The molecule has 35 heavy (non-hydrogen) atoms. The van der Waals surface area contributed by atoms with Crippen LogP contribution in [0.2, 0.25) is 0 Å². The van der Waals surface area contributed by atoms with Crippen molar-refractivity contribution in [3.8, 4) is 6.07 Å². The fourth-order valence-electron chi connectivity index (χ4n) is 2.84. The lowest BCUT2D eigenvalue weighted by Gasteiger charge is -2.34. The molecule has 0 saturated carbocycles. The predicted octanol–water partition coefficient (Wildman–Crippen LogP) is 5.27. The highest BCUT2D eigenvalue weighted by Crippen LogP contribution is 2.35. The van der Waals surface area contributed by atoms with Crippen LogP contribution in [-0.2, 0) is 30.3 Å². The number of nitrogens with zero attached hydrogens (tertiary/aromatic N) is 1. The number of carbonyl (C=O) groups excluding carboxylic acids is 3. The van der Waals surface area contributed by atoms with Crippen molar-refractivity contribution in [3.63, 3.8) is 0 Å². The van der Waals surface area contributed by atoms with Crippen LogP contribution in [0.3, 0.4) is 0 Å². The highest BCUT2D eigenvalue weighted by molar-refractivity contribution is 7.10. The summed E-state index contributed by atoms with van der Waals surface area (Å²) in [6, 6.07) is 12.4. The molecular formula is C25H30N2O7S. The minimum Gasteiger partial charge on any atom is -0.456 e. The van der Waals surface area contributed by atoms with Gasteiger partial charge in [0.1, 0.15) is 29.9 Å². The first-order valence-electron chi connectivity index (χ1n) is 10.8. The number of nitriles is 1. The maximum Gasteiger partial charge on any atom is 0.510 e. The molecule has 0 unspecified atom stereocenters. The van der Waals surface area contributed by atoms with Crippen LogP contribution in [0.15, 0.2) is 47.8 Å². The van der Waals surface area contributed by atoms with Crippen molar-refractivity contribution < 1.29 is 33.3 Å². The normalized spacial score (nSPS) is 14.0. The van der Waals surface area contributed by atoms with Crippen molar-refractivity contribution in [2.45, 2.75) is 71.0 Å². The van der Waals surface area contributed by atoms with Gasteiger partial charge >= 0.3 is 23.8 Å². The van der Waals surface area contributed by atoms with Crippen LogP contribution in [0.4, 0.5) is 9.59 Å². The molecule has 1 N–H and O–H groups in total. The zero-order valence-electron chi connectivity index (χ0n) is 20.6. The molecule has 0 saturated heterocycles. The average molecular weight is 503 g/mol. The largest absolute Gasteiger partial charge is 0.510 e. The number of carbonyl (C=O) groups is 3. The number of hydrogen-bond donors (Lipinski definition) is 1. The third-order valence-corrected chi connectivity index (χ3v) is 5.14. The summed E-state index contributed by atoms with van der Waals surface area (Å²) in [5, 5.41) is 14.4. The van der Waals surface area contributed by atoms with E-state index in [1.54, 1.807) is 95.5 Å². The van der Waals surface area contributed by atoms with E-state index < -0.39 is 41.1 Å². The Balaban J connectivity index is 2.45. The van der Waals surface area contributed by atoms with Crippen molar-refractivity contribution in [2.75, 3.05) is 0 Å². The standard InChI is InChI=1S/C25H30N2O7S/c1-23(2,3)32-20(28)25(16-26,34-22(30)31-15-17-11-8-7-9-12-17)19(18-13-10-14-35-18)27-21(29)33-24(4,5)6/h7-14,19H,15H2,1-6H3,(H,27,29)/t19-,25-/m1/s1. The average Bonchev–Trinajstić information content (AvgIpc) is 3.27. The molecule has 2 rings (SSSR count). The van der Waals surface area contributed by atoms with Crippen molar-refractivity contribution in [1.29, 1.82) is 5.26 Å². The topological polar surface area (TPSA) is 124 Å². The van der Waals surface area contributed by atoms with E-state index in [0.717, 1.165) is 11.3 Å². The molecule has 9 nitrogen and oxygen atoms in total. The number of nitrogens with one attached hydrogen (secondary N) is 1. The third-order valence-electron chi connectivity index (χ3n) is 4.21. The van der Waals surface area contributed by atoms with Crippen LogP contribution in [-0.4, -0.2) is 35.0 Å². The zero-order chi connectivity index (χ0) is 26.3. The van der Waals surface area contributed by atoms with Gasteiger partial charge in [0.25, 0.3) is 0 Å². The SMILES string of the molecule is CC(C)(C)OC(=O)N[C@H](c1cccs1)[C@@](C#N)(OC(=O)OCc1ccccc1)C(=O)OC(C)(C)C. The van der Waals surface area contributed by atoms with Gasteiger partial charge in [0.05, 0.1) is 0 Å². The quantitative estimate of drug-likeness (QED) is 0.401. The van der Waals surface area contributed by atoms with Crippen LogP contribution in [0, 0.1) is 11.3 Å². The lowest BCUT2D eigenvalue weighted by Crippen LogP contribution is -2.55. The van der Waals surface area contributed by atoms with E-state index in [0.29, 0.717) is 10.4 Å². The minimum absolute atomic E-state index is 0.154. The van der Waals surface area contributed by atoms with Gasteiger partial charge in [-0.1, -0.05) is 36.4 Å². The second-order valence-corrected chi connectivity index (χ2v) is 10.5. The fourth-order valence-corrected chi connectivity index (χ4v) is 3.67. The van der Waals surface area contributed by atoms with Gasteiger partial charge in [-0.3, -0.25) is 0 Å². The van der Waals surface area contributed by atoms with Gasteiger partial charge < -0.3 is 24.3 Å². The Morgan fingerprint density at radius 1 is 0.943 bits per heavy atom. The number of rotatable bonds is 7. The van der Waals surface area contributed by atoms with Crippen molar-refractivity contribution in [2.24, 2.45) is 0 Å². The number of alkyl carbamates (subject to hydrolysis) is 1. The maximum atomic E-state index is 13.4. The molecule has 188 valence electrons. The highest BCUT2D eigenvalue weighted by atomic mass is 32.1. The number of amides is 1. The molecule has 0 bridgehead atoms. The van der Waals surface area contributed by atoms with Gasteiger partial charge in [0, 0.05) is 4.88 Å². The molecule has 0 aliphatic rings. The Hall–Kier alpha value is -3.58. The molecule has 1 aromatic heterocycles. The van der Waals surface area contributed by atoms with E-state index in [2.05, 4.69) is 5.32 Å². The number of benzene rings is 1. The molecular weight excluding hydrogens is 472 g/mol. The van der Waals surface area contributed by atoms with Crippen molar-refractivity contribution in [3.05, 3.63) is 58.3 Å². The summed E-state index contributed by atoms with van der Waals surface area (Å²) in [5.74, 6) is -1.17. The Morgan fingerprint density at radius 3 is 2.09 bits per heavy atom. The molecule has 2 aromatic rings. The Bertz CT molecular complexity index is 1050. The van der Waals surface area contributed by atoms with E-state index in [1.807, 2.05) is 0 Å². The van der Waals surface area contributed by atoms with Crippen LogP contribution in [0.1, 0.15) is 58.0 Å². The number of ether oxygens (including phenoxy) is 4. The molecule has 10 heteroatoms. The Morgan fingerprint density at radius 2 is 1.57 bits per heavy atom. The van der Waals surface area contributed by atoms with E-state index in [-0.39, 0.29) is 6.61 Å². The maximum absolute atomic E-state index is 13.4. The molecule has 0 radical (unpaired) electrons. The monoisotopic (exact) mass is 502 g/mol. The molecule has 1 aromatic carbocycles. The van der Waals surface area contributed by atoms with Gasteiger partial charge in [0.15, 0.2) is 0 Å². The Kier molecular flexibility index (Phi) is 8.88. The second-order valence-electron chi connectivity index (χ2n) is 9.57. The van der Waals surface area contributed by atoms with E-state index in [1.165, 1.54) is 0 Å². The summed E-state index contributed by atoms with van der Waals surface area (Å²) in [4.78, 5) is 39.1. The van der Waals surface area contributed by atoms with Crippen molar-refractivity contribution >= 4 is 29.6 Å². The van der Waals surface area contributed by atoms with Gasteiger partial charge in [-0.15, -0.1) is 11.3 Å². The first kappa shape index (κ1) is 27.7. The van der Waals surface area contributed by atoms with Crippen LogP contribution < -0.4 is 5.32 Å². The molecule has 0 aliphatic heterocycles. The summed E-state index contributed by atoms with van der Waals surface area (Å²) in [6.45, 7) is 9.63. The first-order valence-corrected chi connectivity index (χ1v) is 11.7. The van der Waals surface area contributed by atoms with E-state index in [9.17, 15) is 19.6 Å². The summed E-state index contributed by atoms with van der Waals surface area (Å²) < 4.78 is 21.3. The highest BCUT2D eigenvalue weighted by Gasteiger charge is 2.56. The lowest BCUT2D eigenvalue weighted by molar-refractivity contribution is -0.176. The van der Waals surface area contributed by atoms with E-state index in [4.69, 9.17) is 18.9 Å². The van der Waals surface area contributed by atoms with Crippen LogP contribution >= 0.6 is 11.3 Å². The summed E-state index contributed by atoms with van der Waals surface area (Å²) in [7, 11) is 0. The fraction of sp³-hybridized carbons (Fsp3) is 0.440. The smallest absolute Gasteiger partial charge is 0.456 e. The number of esters is 1. The molecule has 1 heterocycles. The first-order chi connectivity index (χ1) is 16.3. The minimum atomic E-state index is -2.61. The van der Waals surface area contributed by atoms with Crippen LogP contribution in [0.25, 0.3) is 0 Å². The lowest BCUT2D eigenvalue weighted by atomic mass is 9.93. The van der Waals surface area contributed by atoms with Gasteiger partial charge in [-0.25, -0.2) is 14.4 Å². The molecule has 0 spiro atoms. The molecule has 2 atom stereocenters.